The highest BCUT2D eigenvalue weighted by atomic mass is 31.2. The van der Waals surface area contributed by atoms with E-state index in [1.807, 2.05) is 18.2 Å². The van der Waals surface area contributed by atoms with E-state index in [0.29, 0.717) is 12.8 Å². The first kappa shape index (κ1) is 61.7. The molecule has 0 aromatic carbocycles. The summed E-state index contributed by atoms with van der Waals surface area (Å²) in [6.07, 6.45) is 31.7. The van der Waals surface area contributed by atoms with Crippen LogP contribution in [0.3, 0.4) is 0 Å². The zero-order valence-electron chi connectivity index (χ0n) is 39.9. The van der Waals surface area contributed by atoms with Crippen molar-refractivity contribution in [2.45, 2.75) is 197 Å². The Morgan fingerprint density at radius 2 is 0.955 bits per heavy atom. The molecular formula is C51H83O15P. The highest BCUT2D eigenvalue weighted by Crippen LogP contribution is 2.47. The Morgan fingerprint density at radius 3 is 1.48 bits per heavy atom. The number of phosphoric ester groups is 1. The fourth-order valence-electron chi connectivity index (χ4n) is 6.66. The quantitative estimate of drug-likeness (QED) is 0.0127. The van der Waals surface area contributed by atoms with Crippen molar-refractivity contribution in [2.75, 3.05) is 13.2 Å². The normalized spacial score (nSPS) is 23.0. The van der Waals surface area contributed by atoms with Crippen molar-refractivity contribution in [3.63, 3.8) is 0 Å². The van der Waals surface area contributed by atoms with Gasteiger partial charge in [-0.2, -0.15) is 0 Å². The number of allylic oxidation sites excluding steroid dienone is 15. The monoisotopic (exact) mass is 967 g/mol. The average molecular weight is 967 g/mol. The lowest BCUT2D eigenvalue weighted by Crippen LogP contribution is -2.64. The molecule has 0 amide bonds. The van der Waals surface area contributed by atoms with E-state index >= 15 is 0 Å². The Labute approximate surface area is 399 Å². The maximum atomic E-state index is 12.8. The molecule has 16 heteroatoms. The van der Waals surface area contributed by atoms with Gasteiger partial charge in [0.15, 0.2) is 6.10 Å². The van der Waals surface area contributed by atoms with Crippen molar-refractivity contribution >= 4 is 19.8 Å². The van der Waals surface area contributed by atoms with Gasteiger partial charge in [-0.3, -0.25) is 18.6 Å². The molecule has 1 rings (SSSR count). The molecule has 0 aromatic rings. The molecule has 8 N–H and O–H groups in total. The molecular weight excluding hydrogens is 884 g/mol. The maximum Gasteiger partial charge on any atom is 0.472 e. The van der Waals surface area contributed by atoms with Gasteiger partial charge in [0, 0.05) is 12.8 Å². The number of rotatable bonds is 38. The Balaban J connectivity index is 2.56. The van der Waals surface area contributed by atoms with Crippen LogP contribution in [0.25, 0.3) is 0 Å². The number of carbonyl (C=O) groups is 2. The van der Waals surface area contributed by atoms with Crippen molar-refractivity contribution in [1.82, 2.24) is 0 Å². The zero-order chi connectivity index (χ0) is 49.5. The van der Waals surface area contributed by atoms with E-state index in [9.17, 15) is 54.8 Å². The van der Waals surface area contributed by atoms with Crippen molar-refractivity contribution in [1.29, 1.82) is 0 Å². The molecule has 0 radical (unpaired) electrons. The van der Waals surface area contributed by atoms with Crippen molar-refractivity contribution < 1.29 is 73.3 Å². The molecule has 1 aliphatic carbocycles. The van der Waals surface area contributed by atoms with Crippen LogP contribution < -0.4 is 0 Å². The van der Waals surface area contributed by atoms with Gasteiger partial charge in [0.05, 0.1) is 18.8 Å². The molecule has 1 aliphatic rings. The first-order chi connectivity index (χ1) is 32.2. The van der Waals surface area contributed by atoms with E-state index in [2.05, 4.69) is 86.8 Å². The zero-order valence-corrected chi connectivity index (χ0v) is 40.8. The number of carbonyl (C=O) groups excluding carboxylic acids is 2. The lowest BCUT2D eigenvalue weighted by Gasteiger charge is -2.41. The average Bonchev–Trinajstić information content (AvgIpc) is 3.30. The van der Waals surface area contributed by atoms with Crippen LogP contribution in [0.5, 0.6) is 0 Å². The summed E-state index contributed by atoms with van der Waals surface area (Å²) in [5, 5.41) is 71.1. The molecule has 0 saturated heterocycles. The number of phosphoric acid groups is 1. The molecule has 67 heavy (non-hydrogen) atoms. The molecule has 10 atom stereocenters. The molecule has 0 aromatic heterocycles. The number of ether oxygens (including phenoxy) is 2. The van der Waals surface area contributed by atoms with Crippen LogP contribution >= 0.6 is 7.82 Å². The Morgan fingerprint density at radius 1 is 0.522 bits per heavy atom. The lowest BCUT2D eigenvalue weighted by molar-refractivity contribution is -0.220. The highest BCUT2D eigenvalue weighted by Gasteiger charge is 2.51. The van der Waals surface area contributed by atoms with Gasteiger partial charge in [0.1, 0.15) is 43.2 Å². The fourth-order valence-corrected chi connectivity index (χ4v) is 7.63. The van der Waals surface area contributed by atoms with E-state index in [1.165, 1.54) is 0 Å². The third-order valence-electron chi connectivity index (χ3n) is 10.6. The molecule has 15 nitrogen and oxygen atoms in total. The molecule has 0 aliphatic heterocycles. The number of hydrogen-bond acceptors (Lipinski definition) is 14. The van der Waals surface area contributed by atoms with Crippen LogP contribution in [0.2, 0.25) is 0 Å². The summed E-state index contributed by atoms with van der Waals surface area (Å²) in [6.45, 7) is 2.81. The smallest absolute Gasteiger partial charge is 0.462 e. The van der Waals surface area contributed by atoms with Gasteiger partial charge in [-0.1, -0.05) is 137 Å². The van der Waals surface area contributed by atoms with E-state index in [4.69, 9.17) is 18.5 Å². The minimum Gasteiger partial charge on any atom is -0.462 e. The summed E-state index contributed by atoms with van der Waals surface area (Å²) in [4.78, 5) is 35.8. The van der Waals surface area contributed by atoms with Gasteiger partial charge in [0.25, 0.3) is 0 Å². The standard InChI is InChI=1S/C51H83O15P/c1-3-5-7-9-11-13-15-17-18-19-20-21-22-23-25-27-29-31-33-37-44(54)63-39-41(40-64-67(61,62)66-51-49(59)47(57)46(56)48(58)50(51)60)65-45(55)38-34-36-43(53)42(52)35-32-30-28-26-24-16-14-12-10-8-6-4-2/h5-8,11-14,17-18,20-21,24,26,30,32,41-43,46-53,56-60H,3-4,9-10,15-16,19,22-23,25,27-29,31,33-40H2,1-2H3,(H,61,62)/b7-5-,8-6-,13-11-,14-12-,18-17-,21-20-,26-24-,32-30-/t41-,42-,43-,46?,47-,48+,49-,50-,51?/m1/s1. The second-order valence-corrected chi connectivity index (χ2v) is 17.9. The molecule has 0 bridgehead atoms. The number of unbranched alkanes of at least 4 members (excludes halogenated alkanes) is 6. The first-order valence-corrected chi connectivity index (χ1v) is 25.7. The second kappa shape index (κ2) is 39.5. The minimum atomic E-state index is -5.21. The van der Waals surface area contributed by atoms with E-state index < -0.39 is 87.9 Å². The summed E-state index contributed by atoms with van der Waals surface area (Å²) >= 11 is 0. The predicted molar refractivity (Wildman–Crippen MR) is 260 cm³/mol. The molecule has 0 heterocycles. The van der Waals surface area contributed by atoms with Crippen LogP contribution in [0, 0.1) is 0 Å². The topological polar surface area (TPSA) is 250 Å². The van der Waals surface area contributed by atoms with Gasteiger partial charge in [-0.05, 0) is 89.9 Å². The second-order valence-electron chi connectivity index (χ2n) is 16.5. The highest BCUT2D eigenvalue weighted by molar-refractivity contribution is 7.47. The minimum absolute atomic E-state index is 0.0589. The summed E-state index contributed by atoms with van der Waals surface area (Å²) < 4.78 is 33.4. The van der Waals surface area contributed by atoms with E-state index in [1.54, 1.807) is 6.08 Å². The molecule has 3 unspecified atom stereocenters. The maximum absolute atomic E-state index is 12.8. The Hall–Kier alpha value is -3.31. The van der Waals surface area contributed by atoms with Crippen LogP contribution in [-0.4, -0.2) is 121 Å². The molecule has 382 valence electrons. The van der Waals surface area contributed by atoms with Crippen LogP contribution in [0.15, 0.2) is 97.2 Å². The largest absolute Gasteiger partial charge is 0.472 e. The molecule has 0 spiro atoms. The van der Waals surface area contributed by atoms with Gasteiger partial charge in [-0.15, -0.1) is 0 Å². The Kier molecular flexibility index (Phi) is 36.4. The third-order valence-corrected chi connectivity index (χ3v) is 11.6. The summed E-state index contributed by atoms with van der Waals surface area (Å²) in [5.74, 6) is -1.41. The van der Waals surface area contributed by atoms with Crippen LogP contribution in [-0.2, 0) is 32.7 Å². The lowest BCUT2D eigenvalue weighted by atomic mass is 9.85. The number of esters is 2. The van der Waals surface area contributed by atoms with Crippen molar-refractivity contribution in [3.05, 3.63) is 97.2 Å². The summed E-state index contributed by atoms with van der Waals surface area (Å²) in [7, 11) is -5.21. The van der Waals surface area contributed by atoms with Gasteiger partial charge in [0.2, 0.25) is 0 Å². The summed E-state index contributed by atoms with van der Waals surface area (Å²) in [6, 6.07) is 0. The van der Waals surface area contributed by atoms with E-state index in [0.717, 1.165) is 83.5 Å². The van der Waals surface area contributed by atoms with Crippen molar-refractivity contribution in [2.24, 2.45) is 0 Å². The van der Waals surface area contributed by atoms with Crippen LogP contribution in [0.1, 0.15) is 142 Å². The predicted octanol–water partition coefficient (Wildman–Crippen LogP) is 7.77. The third kappa shape index (κ3) is 31.4. The number of aliphatic hydroxyl groups excluding tert-OH is 7. The summed E-state index contributed by atoms with van der Waals surface area (Å²) in [5.41, 5.74) is 0. The molecule has 1 fully saturated rings. The van der Waals surface area contributed by atoms with Crippen molar-refractivity contribution in [3.8, 4) is 0 Å². The van der Waals surface area contributed by atoms with Crippen LogP contribution in [0.4, 0.5) is 0 Å². The van der Waals surface area contributed by atoms with Gasteiger partial charge >= 0.3 is 19.8 Å². The fraction of sp³-hybridized carbons (Fsp3) is 0.647. The van der Waals surface area contributed by atoms with E-state index in [-0.39, 0.29) is 32.1 Å². The number of aliphatic hydroxyl groups is 7. The van der Waals surface area contributed by atoms with Gasteiger partial charge < -0.3 is 50.1 Å². The molecule has 1 saturated carbocycles. The first-order valence-electron chi connectivity index (χ1n) is 24.2. The number of hydrogen-bond donors (Lipinski definition) is 8. The Bertz CT molecular complexity index is 1570. The van der Waals surface area contributed by atoms with Gasteiger partial charge in [-0.25, -0.2) is 4.57 Å². The SMILES string of the molecule is CC/C=C\C/C=C\C/C=C\C/C=C\CCCCCCCCC(=O)OC[C@H](COP(=O)(O)OC1[C@H](O)[C@H](O)C(O)[C@H](O)[C@H]1O)OC(=O)CCC[C@@H](O)[C@H](O)C/C=C\C/C=C\C/C=C\C/C=C\CC.